The van der Waals surface area contributed by atoms with Gasteiger partial charge < -0.3 is 0 Å². The van der Waals surface area contributed by atoms with Crippen molar-refractivity contribution in [3.63, 3.8) is 0 Å². The van der Waals surface area contributed by atoms with Crippen LogP contribution in [0.25, 0.3) is 0 Å². The second kappa shape index (κ2) is 6.57. The van der Waals surface area contributed by atoms with Gasteiger partial charge in [-0.25, -0.2) is 4.39 Å². The van der Waals surface area contributed by atoms with Gasteiger partial charge in [0.05, 0.1) is 0 Å². The van der Waals surface area contributed by atoms with Crippen molar-refractivity contribution in [2.75, 3.05) is 0 Å². The number of hydrogen-bond donors (Lipinski definition) is 0. The van der Waals surface area contributed by atoms with Gasteiger partial charge in [0.15, 0.2) is 0 Å². The Labute approximate surface area is 101 Å². The van der Waals surface area contributed by atoms with E-state index in [9.17, 15) is 52.7 Å². The van der Waals surface area contributed by atoms with Crippen LogP contribution in [0.5, 0.6) is 0 Å². The topological polar surface area (TPSA) is 0 Å². The predicted molar refractivity (Wildman–Crippen MR) is 38.2 cm³/mol. The molecular formula is C6HClF12. The first-order valence-electron chi connectivity index (χ1n) is 3.56. The zero-order valence-electron chi connectivity index (χ0n) is 7.99. The maximum Gasteiger partial charge on any atom is 0.448 e. The highest BCUT2D eigenvalue weighted by Crippen LogP contribution is 2.37. The summed E-state index contributed by atoms with van der Waals surface area (Å²) in [7, 11) is 0. The van der Waals surface area contributed by atoms with Crippen LogP contribution in [-0.4, -0.2) is 23.9 Å². The van der Waals surface area contributed by atoms with Crippen LogP contribution < -0.4 is 0 Å². The first-order valence-corrected chi connectivity index (χ1v) is 3.94. The minimum atomic E-state index is -5.61. The van der Waals surface area contributed by atoms with Gasteiger partial charge in [-0.3, -0.25) is 0 Å². The van der Waals surface area contributed by atoms with E-state index in [2.05, 4.69) is 11.6 Å². The number of hydrogen-bond acceptors (Lipinski definition) is 0. The average molecular weight is 337 g/mol. The highest BCUT2D eigenvalue weighted by molar-refractivity contribution is 6.22. The fourth-order valence-corrected chi connectivity index (χ4v) is 0.416. The van der Waals surface area contributed by atoms with Crippen molar-refractivity contribution in [1.29, 1.82) is 0 Å². The van der Waals surface area contributed by atoms with Crippen molar-refractivity contribution in [3.8, 4) is 0 Å². The van der Waals surface area contributed by atoms with Gasteiger partial charge in [-0.05, 0) is 11.6 Å². The molecule has 116 valence electrons. The Kier molecular flexibility index (Phi) is 7.09. The number of allylic oxidation sites excluding steroid dienone is 1. The summed E-state index contributed by atoms with van der Waals surface area (Å²) in [6.45, 7) is 0. The SMILES string of the molecule is FC(C(F)(F)F)C(F)(F)Cl.FC(F)=C(F)C(F)(F)F. The maximum absolute atomic E-state index is 11.4. The third-order valence-corrected chi connectivity index (χ3v) is 1.18. The van der Waals surface area contributed by atoms with E-state index in [-0.39, 0.29) is 0 Å². The molecule has 0 saturated heterocycles. The standard InChI is InChI=1S/C3HClF6.C3F6/c4-2(6,7)1(5)3(8,9)10;4-1(2(5)6)3(7,8)9/h1H;. The van der Waals surface area contributed by atoms with Crippen LogP contribution >= 0.6 is 11.6 Å². The van der Waals surface area contributed by atoms with Gasteiger partial charge in [0.2, 0.25) is 0 Å². The lowest BCUT2D eigenvalue weighted by molar-refractivity contribution is -0.222. The third kappa shape index (κ3) is 8.83. The van der Waals surface area contributed by atoms with Crippen LogP contribution in [-0.2, 0) is 0 Å². The van der Waals surface area contributed by atoms with Crippen molar-refractivity contribution < 1.29 is 52.7 Å². The largest absolute Gasteiger partial charge is 0.448 e. The number of alkyl halides is 10. The van der Waals surface area contributed by atoms with Gasteiger partial charge >= 0.3 is 23.8 Å². The fraction of sp³-hybridized carbons (Fsp3) is 0.667. The molecule has 0 saturated carbocycles. The molecule has 0 rings (SSSR count). The molecule has 0 heterocycles. The summed E-state index contributed by atoms with van der Waals surface area (Å²) in [6.07, 6.45) is -18.8. The summed E-state index contributed by atoms with van der Waals surface area (Å²) >= 11 is 3.74. The second-order valence-corrected chi connectivity index (χ2v) is 3.02. The van der Waals surface area contributed by atoms with Gasteiger partial charge in [0.25, 0.3) is 12.0 Å². The third-order valence-electron chi connectivity index (χ3n) is 0.990. The van der Waals surface area contributed by atoms with E-state index in [1.54, 1.807) is 0 Å². The highest BCUT2D eigenvalue weighted by atomic mass is 35.5. The van der Waals surface area contributed by atoms with Gasteiger partial charge in [0, 0.05) is 0 Å². The maximum atomic E-state index is 11.4. The summed E-state index contributed by atoms with van der Waals surface area (Å²) in [5, 5.41) is -4.88. The Bertz CT molecular complexity index is 288. The summed E-state index contributed by atoms with van der Waals surface area (Å²) < 4.78 is 132. The van der Waals surface area contributed by atoms with Crippen LogP contribution in [0.2, 0.25) is 0 Å². The normalized spacial score (nSPS) is 14.4. The Balaban J connectivity index is 0. The molecule has 1 atom stereocenters. The average Bonchev–Trinajstić information content (AvgIpc) is 2.12. The molecule has 1 unspecified atom stereocenters. The van der Waals surface area contributed by atoms with Crippen molar-refractivity contribution in [3.05, 3.63) is 11.9 Å². The van der Waals surface area contributed by atoms with Crippen LogP contribution in [0.3, 0.4) is 0 Å². The minimum Gasteiger partial charge on any atom is -0.229 e. The van der Waals surface area contributed by atoms with E-state index in [1.165, 1.54) is 0 Å². The van der Waals surface area contributed by atoms with Crippen LogP contribution in [0.4, 0.5) is 52.7 Å². The molecule has 0 aliphatic carbocycles. The molecule has 0 N–H and O–H groups in total. The molecule has 0 aromatic carbocycles. The van der Waals surface area contributed by atoms with Crippen molar-refractivity contribution in [2.45, 2.75) is 23.9 Å². The fourth-order valence-electron chi connectivity index (χ4n) is 0.293. The van der Waals surface area contributed by atoms with Gasteiger partial charge in [-0.2, -0.15) is 48.3 Å². The summed E-state index contributed by atoms with van der Waals surface area (Å²) in [4.78, 5) is 0. The van der Waals surface area contributed by atoms with Gasteiger partial charge in [-0.15, -0.1) is 0 Å². The van der Waals surface area contributed by atoms with E-state index in [0.29, 0.717) is 0 Å². The van der Waals surface area contributed by atoms with Crippen molar-refractivity contribution >= 4 is 11.6 Å². The molecule has 0 nitrogen and oxygen atoms in total. The van der Waals surface area contributed by atoms with Crippen molar-refractivity contribution in [2.24, 2.45) is 0 Å². The molecule has 0 amide bonds. The minimum absolute atomic E-state index is 3.33. The van der Waals surface area contributed by atoms with Crippen LogP contribution in [0.1, 0.15) is 0 Å². The van der Waals surface area contributed by atoms with Crippen LogP contribution in [0.15, 0.2) is 11.9 Å². The lowest BCUT2D eigenvalue weighted by atomic mass is 10.4. The van der Waals surface area contributed by atoms with E-state index >= 15 is 0 Å². The Morgan fingerprint density at radius 2 is 1.11 bits per heavy atom. The first-order chi connectivity index (χ1) is 8.01. The van der Waals surface area contributed by atoms with Gasteiger partial charge in [-0.1, -0.05) is 0 Å². The lowest BCUT2D eigenvalue weighted by Gasteiger charge is -2.15. The molecule has 0 aromatic rings. The van der Waals surface area contributed by atoms with E-state index in [0.717, 1.165) is 0 Å². The molecule has 0 bridgehead atoms. The Morgan fingerprint density at radius 3 is 1.11 bits per heavy atom. The Morgan fingerprint density at radius 1 is 0.789 bits per heavy atom. The smallest absolute Gasteiger partial charge is 0.229 e. The molecule has 0 radical (unpaired) electrons. The molecule has 0 fully saturated rings. The quantitative estimate of drug-likeness (QED) is 0.447. The summed E-state index contributed by atoms with van der Waals surface area (Å²) in [6, 6.07) is 0. The second-order valence-electron chi connectivity index (χ2n) is 2.52. The van der Waals surface area contributed by atoms with E-state index in [1.807, 2.05) is 0 Å². The lowest BCUT2D eigenvalue weighted by Crippen LogP contribution is -2.37. The van der Waals surface area contributed by atoms with Crippen LogP contribution in [0, 0.1) is 0 Å². The molecule has 13 heteroatoms. The first kappa shape index (κ1) is 20.5. The number of halogens is 13. The predicted octanol–water partition coefficient (Wildman–Crippen LogP) is 5.34. The van der Waals surface area contributed by atoms with Gasteiger partial charge in [0.1, 0.15) is 0 Å². The summed E-state index contributed by atoms with van der Waals surface area (Å²) in [5.74, 6) is -3.33. The van der Waals surface area contributed by atoms with E-state index < -0.39 is 35.8 Å². The monoisotopic (exact) mass is 336 g/mol. The zero-order chi connectivity index (χ0) is 16.2. The van der Waals surface area contributed by atoms with Crippen molar-refractivity contribution in [1.82, 2.24) is 0 Å². The number of rotatable bonds is 1. The zero-order valence-corrected chi connectivity index (χ0v) is 8.75. The molecule has 19 heavy (non-hydrogen) atoms. The molecule has 0 aliphatic heterocycles. The highest BCUT2D eigenvalue weighted by Gasteiger charge is 2.55. The molecule has 0 aliphatic rings. The Hall–Kier alpha value is -0.810. The molecule has 0 spiro atoms. The molecular weight excluding hydrogens is 335 g/mol. The summed E-state index contributed by atoms with van der Waals surface area (Å²) in [5.41, 5.74) is 0. The molecule has 0 aromatic heterocycles. The van der Waals surface area contributed by atoms with E-state index in [4.69, 9.17) is 0 Å².